The molecule has 1 amide bonds. The number of amides is 1. The molecular formula is C17H27N5O2S. The monoisotopic (exact) mass is 365 g/mol. The quantitative estimate of drug-likeness (QED) is 0.429. The highest BCUT2D eigenvalue weighted by molar-refractivity contribution is 7.10. The van der Waals surface area contributed by atoms with Crippen LogP contribution in [0.15, 0.2) is 16.4 Å². The second-order valence-electron chi connectivity index (χ2n) is 6.37. The van der Waals surface area contributed by atoms with Crippen LogP contribution in [0.25, 0.3) is 0 Å². The van der Waals surface area contributed by atoms with Crippen molar-refractivity contribution < 1.29 is 9.53 Å². The average Bonchev–Trinajstić information content (AvgIpc) is 3.12. The standard InChI is InChI=1S/C17H27N5O2S/c18-17(19-4-1-5-21-7-9-24-10-8-21)20-12-16(23)22-6-2-15-14(13-22)3-11-25-15/h3,11H,1-2,4-10,12-13H2,(H3,18,19,20). The Balaban J connectivity index is 1.33. The summed E-state index contributed by atoms with van der Waals surface area (Å²) in [5.41, 5.74) is 7.13. The smallest absolute Gasteiger partial charge is 0.244 e. The molecular weight excluding hydrogens is 338 g/mol. The first-order chi connectivity index (χ1) is 12.2. The van der Waals surface area contributed by atoms with Gasteiger partial charge in [0, 0.05) is 37.6 Å². The average molecular weight is 366 g/mol. The first kappa shape index (κ1) is 18.2. The molecule has 0 spiro atoms. The molecule has 25 heavy (non-hydrogen) atoms. The van der Waals surface area contributed by atoms with E-state index in [1.165, 1.54) is 10.4 Å². The molecule has 2 aliphatic heterocycles. The summed E-state index contributed by atoms with van der Waals surface area (Å²) in [5, 5.41) is 5.19. The van der Waals surface area contributed by atoms with E-state index in [4.69, 9.17) is 10.5 Å². The van der Waals surface area contributed by atoms with Crippen molar-refractivity contribution in [3.63, 3.8) is 0 Å². The lowest BCUT2D eigenvalue weighted by Gasteiger charge is -2.26. The van der Waals surface area contributed by atoms with Crippen LogP contribution in [0.2, 0.25) is 0 Å². The number of ether oxygens (including phenoxy) is 1. The van der Waals surface area contributed by atoms with Gasteiger partial charge in [0.05, 0.1) is 13.2 Å². The van der Waals surface area contributed by atoms with Crippen molar-refractivity contribution in [1.82, 2.24) is 15.1 Å². The number of thiophene rings is 1. The van der Waals surface area contributed by atoms with Crippen molar-refractivity contribution in [2.24, 2.45) is 10.7 Å². The molecule has 0 bridgehead atoms. The number of rotatable bonds is 6. The van der Waals surface area contributed by atoms with Crippen LogP contribution in [-0.2, 0) is 22.5 Å². The number of fused-ring (bicyclic) bond motifs is 1. The molecule has 7 nitrogen and oxygen atoms in total. The Hall–Kier alpha value is -1.64. The van der Waals surface area contributed by atoms with Gasteiger partial charge in [0.1, 0.15) is 6.54 Å². The second kappa shape index (κ2) is 9.17. The molecule has 8 heteroatoms. The third-order valence-electron chi connectivity index (χ3n) is 4.61. The van der Waals surface area contributed by atoms with E-state index in [1.54, 1.807) is 11.3 Å². The molecule has 0 saturated carbocycles. The minimum absolute atomic E-state index is 0.0370. The molecule has 3 N–H and O–H groups in total. The summed E-state index contributed by atoms with van der Waals surface area (Å²) in [4.78, 5) is 22.1. The van der Waals surface area contributed by atoms with Gasteiger partial charge in [-0.1, -0.05) is 0 Å². The van der Waals surface area contributed by atoms with E-state index in [-0.39, 0.29) is 12.5 Å². The number of morpholine rings is 1. The lowest BCUT2D eigenvalue weighted by Crippen LogP contribution is -2.40. The maximum atomic E-state index is 12.3. The molecule has 3 rings (SSSR count). The summed E-state index contributed by atoms with van der Waals surface area (Å²) in [6.07, 6.45) is 1.94. The fraction of sp³-hybridized carbons (Fsp3) is 0.647. The van der Waals surface area contributed by atoms with E-state index in [1.807, 2.05) is 4.90 Å². The summed E-state index contributed by atoms with van der Waals surface area (Å²) in [6.45, 7) is 7.02. The molecule has 1 saturated heterocycles. The Morgan fingerprint density at radius 2 is 2.20 bits per heavy atom. The first-order valence-corrected chi connectivity index (χ1v) is 9.77. The Morgan fingerprint density at radius 3 is 3.04 bits per heavy atom. The third kappa shape index (κ3) is 5.42. The number of guanidine groups is 1. The number of nitrogens with two attached hydrogens (primary N) is 1. The van der Waals surface area contributed by atoms with Gasteiger partial charge in [-0.25, -0.2) is 4.99 Å². The SMILES string of the molecule is NC(=NCC(=O)N1CCc2sccc2C1)NCCCN1CCOCC1. The van der Waals surface area contributed by atoms with E-state index in [2.05, 4.69) is 26.7 Å². The van der Waals surface area contributed by atoms with Crippen molar-refractivity contribution in [3.05, 3.63) is 21.9 Å². The van der Waals surface area contributed by atoms with E-state index in [0.717, 1.165) is 58.8 Å². The van der Waals surface area contributed by atoms with Crippen LogP contribution in [0.3, 0.4) is 0 Å². The van der Waals surface area contributed by atoms with Crippen molar-refractivity contribution in [2.75, 3.05) is 52.5 Å². The minimum atomic E-state index is 0.0370. The number of carbonyl (C=O) groups is 1. The van der Waals surface area contributed by atoms with Gasteiger partial charge in [0.25, 0.3) is 0 Å². The van der Waals surface area contributed by atoms with Crippen LogP contribution in [0.5, 0.6) is 0 Å². The lowest BCUT2D eigenvalue weighted by atomic mass is 10.1. The van der Waals surface area contributed by atoms with Gasteiger partial charge in [-0.15, -0.1) is 11.3 Å². The molecule has 138 valence electrons. The number of hydrogen-bond donors (Lipinski definition) is 2. The van der Waals surface area contributed by atoms with Crippen LogP contribution in [0.1, 0.15) is 16.9 Å². The number of aliphatic imine (C=N–C) groups is 1. The molecule has 1 aromatic heterocycles. The Kier molecular flexibility index (Phi) is 6.66. The molecule has 1 fully saturated rings. The highest BCUT2D eigenvalue weighted by Crippen LogP contribution is 2.23. The number of nitrogens with one attached hydrogen (secondary N) is 1. The van der Waals surface area contributed by atoms with Crippen LogP contribution in [0.4, 0.5) is 0 Å². The Morgan fingerprint density at radius 1 is 1.36 bits per heavy atom. The maximum absolute atomic E-state index is 12.3. The third-order valence-corrected chi connectivity index (χ3v) is 5.63. The van der Waals surface area contributed by atoms with Gasteiger partial charge in [-0.3, -0.25) is 9.69 Å². The number of hydrogen-bond acceptors (Lipinski definition) is 5. The second-order valence-corrected chi connectivity index (χ2v) is 7.37. The summed E-state index contributed by atoms with van der Waals surface area (Å²) >= 11 is 1.77. The number of nitrogens with zero attached hydrogens (tertiary/aromatic N) is 3. The predicted molar refractivity (Wildman–Crippen MR) is 99.8 cm³/mol. The molecule has 3 heterocycles. The number of carbonyl (C=O) groups excluding carboxylic acids is 1. The maximum Gasteiger partial charge on any atom is 0.244 e. The normalized spacial score (nSPS) is 18.9. The van der Waals surface area contributed by atoms with E-state index >= 15 is 0 Å². The van der Waals surface area contributed by atoms with Gasteiger partial charge < -0.3 is 20.7 Å². The first-order valence-electron chi connectivity index (χ1n) is 8.89. The summed E-state index contributed by atoms with van der Waals surface area (Å²) in [7, 11) is 0. The van der Waals surface area contributed by atoms with Gasteiger partial charge in [-0.05, 0) is 36.4 Å². The molecule has 0 aliphatic carbocycles. The molecule has 2 aliphatic rings. The molecule has 0 atom stereocenters. The summed E-state index contributed by atoms with van der Waals surface area (Å²) < 4.78 is 5.33. The Labute approximate surface area is 152 Å². The van der Waals surface area contributed by atoms with Crippen molar-refractivity contribution in [1.29, 1.82) is 0 Å². The fourth-order valence-corrected chi connectivity index (χ4v) is 4.00. The Bertz CT molecular complexity index is 598. The zero-order valence-electron chi connectivity index (χ0n) is 14.6. The van der Waals surface area contributed by atoms with Crippen LogP contribution < -0.4 is 11.1 Å². The fourth-order valence-electron chi connectivity index (χ4n) is 3.11. The van der Waals surface area contributed by atoms with Crippen molar-refractivity contribution in [3.8, 4) is 0 Å². The van der Waals surface area contributed by atoms with Gasteiger partial charge in [0.2, 0.25) is 5.91 Å². The van der Waals surface area contributed by atoms with Crippen molar-refractivity contribution in [2.45, 2.75) is 19.4 Å². The largest absolute Gasteiger partial charge is 0.379 e. The van der Waals surface area contributed by atoms with Crippen LogP contribution in [-0.4, -0.2) is 74.1 Å². The molecule has 0 radical (unpaired) electrons. The summed E-state index contributed by atoms with van der Waals surface area (Å²) in [5.74, 6) is 0.387. The summed E-state index contributed by atoms with van der Waals surface area (Å²) in [6, 6.07) is 2.10. The van der Waals surface area contributed by atoms with Gasteiger partial charge in [-0.2, -0.15) is 0 Å². The van der Waals surface area contributed by atoms with E-state index in [9.17, 15) is 4.79 Å². The molecule has 0 unspecified atom stereocenters. The zero-order valence-corrected chi connectivity index (χ0v) is 15.4. The van der Waals surface area contributed by atoms with Crippen LogP contribution >= 0.6 is 11.3 Å². The topological polar surface area (TPSA) is 83.2 Å². The predicted octanol–water partition coefficient (Wildman–Crippen LogP) is 0.259. The van der Waals surface area contributed by atoms with Gasteiger partial charge >= 0.3 is 0 Å². The lowest BCUT2D eigenvalue weighted by molar-refractivity contribution is -0.130. The van der Waals surface area contributed by atoms with Crippen molar-refractivity contribution >= 4 is 23.2 Å². The zero-order chi connectivity index (χ0) is 17.5. The highest BCUT2D eigenvalue weighted by atomic mass is 32.1. The van der Waals surface area contributed by atoms with Crippen LogP contribution in [0, 0.1) is 0 Å². The molecule has 0 aromatic carbocycles. The van der Waals surface area contributed by atoms with Gasteiger partial charge in [0.15, 0.2) is 5.96 Å². The highest BCUT2D eigenvalue weighted by Gasteiger charge is 2.21. The minimum Gasteiger partial charge on any atom is -0.379 e. The van der Waals surface area contributed by atoms with E-state index < -0.39 is 0 Å². The van der Waals surface area contributed by atoms with E-state index in [0.29, 0.717) is 12.5 Å². The molecule has 1 aromatic rings.